The number of nitrogens with one attached hydrogen (secondary N) is 1. The van der Waals surface area contributed by atoms with Crippen LogP contribution < -0.4 is 11.1 Å². The number of aromatic nitrogens is 4. The number of fused-ring (bicyclic) bond motifs is 1. The van der Waals surface area contributed by atoms with Gasteiger partial charge in [-0.15, -0.1) is 0 Å². The van der Waals surface area contributed by atoms with Crippen LogP contribution >= 0.6 is 23.2 Å². The lowest BCUT2D eigenvalue weighted by molar-refractivity contribution is 0.143. The lowest BCUT2D eigenvalue weighted by Crippen LogP contribution is -2.24. The second-order valence-electron chi connectivity index (χ2n) is 5.81. The van der Waals surface area contributed by atoms with Crippen LogP contribution in [0.3, 0.4) is 0 Å². The smallest absolute Gasteiger partial charge is 0.407 e. The van der Waals surface area contributed by atoms with Crippen LogP contribution in [0.4, 0.5) is 10.6 Å². The number of hydrogen-bond donors (Lipinski definition) is 2. The summed E-state index contributed by atoms with van der Waals surface area (Å²) >= 11 is 11.7. The number of halogens is 2. The van der Waals surface area contributed by atoms with Crippen molar-refractivity contribution in [3.8, 4) is 0 Å². The number of aryl methyl sites for hydroxylation is 1. The van der Waals surface area contributed by atoms with Gasteiger partial charge in [-0.3, -0.25) is 0 Å². The Morgan fingerprint density at radius 2 is 1.96 bits per heavy atom. The van der Waals surface area contributed by atoms with Crippen LogP contribution in [-0.2, 0) is 17.8 Å². The minimum atomic E-state index is -0.453. The molecule has 3 N–H and O–H groups in total. The number of ether oxygens (including phenoxy) is 1. The Kier molecular flexibility index (Phi) is 6.31. The molecule has 2 heterocycles. The molecule has 0 saturated carbocycles. The number of hydrogen-bond acceptors (Lipinski definition) is 6. The Hall–Kier alpha value is -2.58. The number of rotatable bonds is 7. The Labute approximate surface area is 165 Å². The summed E-state index contributed by atoms with van der Waals surface area (Å²) in [6.45, 7) is 1.36. The zero-order chi connectivity index (χ0) is 19.2. The standard InChI is InChI=1S/C17H18Cl2N6O2/c18-12-5-3-11(4-6-12)9-21-17(26)27-8-2-1-7-25-10-22-13-14(20)23-16(19)24-15(13)25/h3-6,10H,1-2,7-9H2,(H,21,26)(H2,20,23,24). The number of anilines is 1. The Bertz CT molecular complexity index is 929. The molecule has 0 aliphatic heterocycles. The topological polar surface area (TPSA) is 108 Å². The summed E-state index contributed by atoms with van der Waals surface area (Å²) in [6.07, 6.45) is 2.66. The van der Waals surface area contributed by atoms with E-state index in [-0.39, 0.29) is 11.1 Å². The van der Waals surface area contributed by atoms with Crippen molar-refractivity contribution in [2.24, 2.45) is 0 Å². The molecule has 0 spiro atoms. The van der Waals surface area contributed by atoms with Crippen LogP contribution in [0.25, 0.3) is 11.2 Å². The van der Waals surface area contributed by atoms with Gasteiger partial charge in [-0.05, 0) is 42.1 Å². The van der Waals surface area contributed by atoms with Crippen molar-refractivity contribution in [1.29, 1.82) is 0 Å². The van der Waals surface area contributed by atoms with Crippen molar-refractivity contribution in [1.82, 2.24) is 24.8 Å². The van der Waals surface area contributed by atoms with Crippen molar-refractivity contribution >= 4 is 46.3 Å². The predicted octanol–water partition coefficient (Wildman–Crippen LogP) is 3.42. The normalized spacial score (nSPS) is 10.9. The van der Waals surface area contributed by atoms with E-state index in [1.807, 2.05) is 16.7 Å². The molecule has 142 valence electrons. The van der Waals surface area contributed by atoms with Gasteiger partial charge in [0.15, 0.2) is 11.5 Å². The van der Waals surface area contributed by atoms with Crippen molar-refractivity contribution in [2.75, 3.05) is 12.3 Å². The Morgan fingerprint density at radius 1 is 1.19 bits per heavy atom. The lowest BCUT2D eigenvalue weighted by Gasteiger charge is -2.08. The molecule has 0 radical (unpaired) electrons. The third-order valence-corrected chi connectivity index (χ3v) is 4.26. The van der Waals surface area contributed by atoms with Gasteiger partial charge < -0.3 is 20.4 Å². The molecule has 27 heavy (non-hydrogen) atoms. The molecule has 2 aromatic heterocycles. The highest BCUT2D eigenvalue weighted by Gasteiger charge is 2.10. The largest absolute Gasteiger partial charge is 0.450 e. The highest BCUT2D eigenvalue weighted by Crippen LogP contribution is 2.18. The molecule has 1 aromatic carbocycles. The van der Waals surface area contributed by atoms with Gasteiger partial charge in [0.2, 0.25) is 5.28 Å². The Morgan fingerprint density at radius 3 is 2.74 bits per heavy atom. The average molecular weight is 409 g/mol. The van der Waals surface area contributed by atoms with Gasteiger partial charge in [0.1, 0.15) is 5.52 Å². The fourth-order valence-electron chi connectivity index (χ4n) is 2.48. The monoisotopic (exact) mass is 408 g/mol. The second kappa shape index (κ2) is 8.88. The van der Waals surface area contributed by atoms with Crippen LogP contribution in [0.15, 0.2) is 30.6 Å². The minimum absolute atomic E-state index is 0.0856. The number of amides is 1. The maximum Gasteiger partial charge on any atom is 0.407 e. The molecule has 1 amide bonds. The molecule has 0 unspecified atom stereocenters. The number of unbranched alkanes of at least 4 members (excludes halogenated alkanes) is 1. The third-order valence-electron chi connectivity index (χ3n) is 3.84. The lowest BCUT2D eigenvalue weighted by atomic mass is 10.2. The van der Waals surface area contributed by atoms with Gasteiger partial charge in [-0.25, -0.2) is 9.78 Å². The molecule has 0 aliphatic carbocycles. The second-order valence-corrected chi connectivity index (χ2v) is 6.59. The van der Waals surface area contributed by atoms with E-state index in [1.165, 1.54) is 0 Å². The third kappa shape index (κ3) is 5.21. The van der Waals surface area contributed by atoms with E-state index < -0.39 is 6.09 Å². The van der Waals surface area contributed by atoms with E-state index in [1.54, 1.807) is 18.5 Å². The molecule has 0 atom stereocenters. The number of nitrogens with zero attached hydrogens (tertiary/aromatic N) is 4. The maximum atomic E-state index is 11.7. The molecule has 0 bridgehead atoms. The molecule has 8 nitrogen and oxygen atoms in total. The van der Waals surface area contributed by atoms with Gasteiger partial charge in [-0.2, -0.15) is 9.97 Å². The fraction of sp³-hybridized carbons (Fsp3) is 0.294. The maximum absolute atomic E-state index is 11.7. The molecular weight excluding hydrogens is 391 g/mol. The van der Waals surface area contributed by atoms with Crippen molar-refractivity contribution in [3.05, 3.63) is 46.5 Å². The van der Waals surface area contributed by atoms with Crippen molar-refractivity contribution in [2.45, 2.75) is 25.9 Å². The molecule has 3 aromatic rings. The highest BCUT2D eigenvalue weighted by atomic mass is 35.5. The molecule has 0 fully saturated rings. The minimum Gasteiger partial charge on any atom is -0.450 e. The highest BCUT2D eigenvalue weighted by molar-refractivity contribution is 6.30. The van der Waals surface area contributed by atoms with Crippen LogP contribution in [-0.4, -0.2) is 32.2 Å². The summed E-state index contributed by atoms with van der Waals surface area (Å²) in [5.74, 6) is 0.254. The summed E-state index contributed by atoms with van der Waals surface area (Å²) in [5, 5.41) is 3.44. The predicted molar refractivity (Wildman–Crippen MR) is 104 cm³/mol. The first-order valence-electron chi connectivity index (χ1n) is 8.32. The van der Waals surface area contributed by atoms with Gasteiger partial charge in [0.25, 0.3) is 0 Å². The van der Waals surface area contributed by atoms with Crippen LogP contribution in [0.2, 0.25) is 10.3 Å². The van der Waals surface area contributed by atoms with Gasteiger partial charge in [0.05, 0.1) is 12.9 Å². The van der Waals surface area contributed by atoms with E-state index in [9.17, 15) is 4.79 Å². The van der Waals surface area contributed by atoms with Gasteiger partial charge in [-0.1, -0.05) is 23.7 Å². The first kappa shape index (κ1) is 19.2. The van der Waals surface area contributed by atoms with E-state index in [2.05, 4.69) is 20.3 Å². The molecule has 0 saturated heterocycles. The zero-order valence-electron chi connectivity index (χ0n) is 14.4. The van der Waals surface area contributed by atoms with Gasteiger partial charge in [0, 0.05) is 18.1 Å². The van der Waals surface area contributed by atoms with Crippen molar-refractivity contribution in [3.63, 3.8) is 0 Å². The van der Waals surface area contributed by atoms with Gasteiger partial charge >= 0.3 is 6.09 Å². The quantitative estimate of drug-likeness (QED) is 0.457. The van der Waals surface area contributed by atoms with Crippen LogP contribution in [0.1, 0.15) is 18.4 Å². The number of imidazole rings is 1. The fourth-order valence-corrected chi connectivity index (χ4v) is 2.78. The number of nitrogen functional groups attached to an aromatic ring is 1. The summed E-state index contributed by atoms with van der Waals surface area (Å²) in [7, 11) is 0. The first-order valence-corrected chi connectivity index (χ1v) is 9.07. The van der Waals surface area contributed by atoms with E-state index in [0.717, 1.165) is 12.0 Å². The molecule has 10 heteroatoms. The first-order chi connectivity index (χ1) is 13.0. The number of benzene rings is 1. The SMILES string of the molecule is Nc1nc(Cl)nc2c1ncn2CCCCOC(=O)NCc1ccc(Cl)cc1. The number of carbonyl (C=O) groups is 1. The number of alkyl carbamates (subject to hydrolysis) is 1. The average Bonchev–Trinajstić information content (AvgIpc) is 3.04. The Balaban J connectivity index is 1.38. The van der Waals surface area contributed by atoms with Crippen LogP contribution in [0.5, 0.6) is 0 Å². The number of nitrogens with two attached hydrogens (primary N) is 1. The van der Waals surface area contributed by atoms with Crippen molar-refractivity contribution < 1.29 is 9.53 Å². The van der Waals surface area contributed by atoms with E-state index in [4.69, 9.17) is 33.7 Å². The molecule has 3 rings (SSSR count). The summed E-state index contributed by atoms with van der Waals surface area (Å²) in [6, 6.07) is 7.24. The molecule has 0 aliphatic rings. The summed E-state index contributed by atoms with van der Waals surface area (Å²) < 4.78 is 7.01. The number of carbonyl (C=O) groups excluding carboxylic acids is 1. The van der Waals surface area contributed by atoms with E-state index >= 15 is 0 Å². The van der Waals surface area contributed by atoms with Crippen LogP contribution in [0, 0.1) is 0 Å². The summed E-state index contributed by atoms with van der Waals surface area (Å²) in [5.41, 5.74) is 7.84. The zero-order valence-corrected chi connectivity index (χ0v) is 15.9. The summed E-state index contributed by atoms with van der Waals surface area (Å²) in [4.78, 5) is 23.9. The van der Waals surface area contributed by atoms with E-state index in [0.29, 0.717) is 42.3 Å². The molecular formula is C17H18Cl2N6O2.